The molecule has 2 fully saturated rings. The predicted octanol–water partition coefficient (Wildman–Crippen LogP) is 4.96. The van der Waals surface area contributed by atoms with Gasteiger partial charge in [0.2, 0.25) is 0 Å². The van der Waals surface area contributed by atoms with Gasteiger partial charge in [-0.15, -0.1) is 12.4 Å². The number of fused-ring (bicyclic) bond motifs is 1. The van der Waals surface area contributed by atoms with E-state index in [1.807, 2.05) is 13.0 Å². The van der Waals surface area contributed by atoms with E-state index in [9.17, 15) is 4.79 Å². The molecule has 5 heteroatoms. The van der Waals surface area contributed by atoms with E-state index in [1.165, 1.54) is 32.1 Å². The normalized spacial score (nSPS) is 17.1. The molecule has 1 heterocycles. The van der Waals surface area contributed by atoms with Gasteiger partial charge in [-0.1, -0.05) is 6.42 Å². The van der Waals surface area contributed by atoms with Crippen LogP contribution in [0.3, 0.4) is 0 Å². The van der Waals surface area contributed by atoms with E-state index in [4.69, 9.17) is 9.84 Å². The summed E-state index contributed by atoms with van der Waals surface area (Å²) in [5.74, 6) is 1.80. The Balaban J connectivity index is 0.00000196. The summed E-state index contributed by atoms with van der Waals surface area (Å²) in [6.07, 6.45) is 10.1. The van der Waals surface area contributed by atoms with Gasteiger partial charge in [0, 0.05) is 43.3 Å². The molecule has 0 spiro atoms. The first kappa shape index (κ1) is 19.4. The van der Waals surface area contributed by atoms with Gasteiger partial charge >= 0.3 is 0 Å². The largest absolute Gasteiger partial charge is 0.381 e. The Hall–Kier alpha value is -1.39. The van der Waals surface area contributed by atoms with E-state index in [-0.39, 0.29) is 18.2 Å². The van der Waals surface area contributed by atoms with Gasteiger partial charge in [0.25, 0.3) is 0 Å². The van der Waals surface area contributed by atoms with Crippen LogP contribution in [0.15, 0.2) is 18.3 Å². The zero-order chi connectivity index (χ0) is 17.2. The number of ketones is 1. The van der Waals surface area contributed by atoms with Crippen molar-refractivity contribution in [3.8, 4) is 0 Å². The van der Waals surface area contributed by atoms with E-state index in [2.05, 4.69) is 16.9 Å². The number of Topliss-reactive ketones (excluding diaryl/α,β-unsaturated/α-hetero) is 1. The predicted molar refractivity (Wildman–Crippen MR) is 106 cm³/mol. The third kappa shape index (κ3) is 4.66. The smallest absolute Gasteiger partial charge is 0.163 e. The van der Waals surface area contributed by atoms with Crippen LogP contribution in [0.25, 0.3) is 10.9 Å². The maximum atomic E-state index is 12.6. The molecule has 4 nitrogen and oxygen atoms in total. The molecule has 1 aromatic heterocycles. The number of benzene rings is 1. The third-order valence-corrected chi connectivity index (χ3v) is 5.61. The first-order chi connectivity index (χ1) is 12.2. The van der Waals surface area contributed by atoms with Gasteiger partial charge in [-0.25, -0.2) is 0 Å². The van der Waals surface area contributed by atoms with Gasteiger partial charge in [0.1, 0.15) is 0 Å². The Kier molecular flexibility index (Phi) is 6.36. The van der Waals surface area contributed by atoms with Crippen molar-refractivity contribution in [3.05, 3.63) is 29.5 Å². The summed E-state index contributed by atoms with van der Waals surface area (Å²) in [7, 11) is 0. The van der Waals surface area contributed by atoms with Crippen LogP contribution in [0, 0.1) is 18.8 Å². The van der Waals surface area contributed by atoms with Gasteiger partial charge in [-0.3, -0.25) is 9.48 Å². The number of nitrogens with zero attached hydrogens (tertiary/aromatic N) is 2. The summed E-state index contributed by atoms with van der Waals surface area (Å²) >= 11 is 0. The summed E-state index contributed by atoms with van der Waals surface area (Å²) < 4.78 is 7.70. The van der Waals surface area contributed by atoms with Crippen molar-refractivity contribution in [2.24, 2.45) is 11.8 Å². The molecule has 4 rings (SSSR count). The highest BCUT2D eigenvalue weighted by Gasteiger charge is 2.21. The van der Waals surface area contributed by atoms with Gasteiger partial charge < -0.3 is 4.74 Å². The van der Waals surface area contributed by atoms with E-state index in [1.54, 1.807) is 0 Å². The van der Waals surface area contributed by atoms with Crippen molar-refractivity contribution in [1.29, 1.82) is 0 Å². The molecule has 142 valence electrons. The summed E-state index contributed by atoms with van der Waals surface area (Å²) in [5.41, 5.74) is 2.88. The number of hydrogen-bond donors (Lipinski definition) is 0. The van der Waals surface area contributed by atoms with Gasteiger partial charge in [0.05, 0.1) is 5.52 Å². The summed E-state index contributed by atoms with van der Waals surface area (Å²) in [4.78, 5) is 12.6. The lowest BCUT2D eigenvalue weighted by Gasteiger charge is -2.24. The van der Waals surface area contributed by atoms with E-state index in [0.717, 1.165) is 53.4 Å². The third-order valence-electron chi connectivity index (χ3n) is 5.61. The highest BCUT2D eigenvalue weighted by Crippen LogP contribution is 2.29. The van der Waals surface area contributed by atoms with Crippen LogP contribution in [-0.2, 0) is 11.3 Å². The number of aryl methyl sites for hydroxylation is 1. The molecule has 1 aromatic carbocycles. The first-order valence-electron chi connectivity index (χ1n) is 9.78. The van der Waals surface area contributed by atoms with Crippen molar-refractivity contribution in [2.45, 2.75) is 58.4 Å². The number of aromatic nitrogens is 2. The van der Waals surface area contributed by atoms with Crippen LogP contribution in [0.5, 0.6) is 0 Å². The molecule has 0 aliphatic heterocycles. The number of halogens is 1. The highest BCUT2D eigenvalue weighted by molar-refractivity contribution is 6.00. The topological polar surface area (TPSA) is 44.1 Å². The molecule has 0 amide bonds. The van der Waals surface area contributed by atoms with Crippen LogP contribution in [0.2, 0.25) is 0 Å². The van der Waals surface area contributed by atoms with Crippen molar-refractivity contribution in [2.75, 3.05) is 13.2 Å². The molecular weight excluding hydrogens is 348 g/mol. The van der Waals surface area contributed by atoms with Crippen LogP contribution in [-0.4, -0.2) is 28.8 Å². The fourth-order valence-corrected chi connectivity index (χ4v) is 3.57. The molecule has 2 saturated carbocycles. The zero-order valence-corrected chi connectivity index (χ0v) is 16.4. The van der Waals surface area contributed by atoms with Crippen LogP contribution in [0.4, 0.5) is 0 Å². The average molecular weight is 377 g/mol. The summed E-state index contributed by atoms with van der Waals surface area (Å²) in [6.45, 7) is 4.60. The standard InChI is InChI=1S/C21H28N2O2.ClH/c1-15-10-20-18(13-23(22-20)12-16-4-2-5-16)11-19(15)21(24)6-3-9-25-14-17-7-8-17;/h10-11,13,16-17H,2-9,12,14H2,1H3;1H. The van der Waals surface area contributed by atoms with Crippen LogP contribution >= 0.6 is 12.4 Å². The SMILES string of the molecule is Cc1cc2nn(CC3CCC3)cc2cc1C(=O)CCCOCC1CC1.Cl. The molecule has 2 aliphatic carbocycles. The number of rotatable bonds is 9. The van der Waals surface area contributed by atoms with Gasteiger partial charge in [-0.05, 0) is 68.6 Å². The molecule has 2 aliphatic rings. The molecular formula is C21H29ClN2O2. The first-order valence-corrected chi connectivity index (χ1v) is 9.78. The highest BCUT2D eigenvalue weighted by atomic mass is 35.5. The molecule has 0 N–H and O–H groups in total. The average Bonchev–Trinajstić information content (AvgIpc) is 3.29. The number of hydrogen-bond acceptors (Lipinski definition) is 3. The number of ether oxygens (including phenoxy) is 1. The van der Waals surface area contributed by atoms with Crippen molar-refractivity contribution >= 4 is 29.1 Å². The van der Waals surface area contributed by atoms with Crippen LogP contribution in [0.1, 0.15) is 60.9 Å². The minimum atomic E-state index is 0. The minimum Gasteiger partial charge on any atom is -0.381 e. The van der Waals surface area contributed by atoms with Crippen LogP contribution < -0.4 is 0 Å². The molecule has 0 bridgehead atoms. The molecule has 26 heavy (non-hydrogen) atoms. The second kappa shape index (κ2) is 8.53. The fraction of sp³-hybridized carbons (Fsp3) is 0.619. The number of carbonyl (C=O) groups excluding carboxylic acids is 1. The zero-order valence-electron chi connectivity index (χ0n) is 15.6. The van der Waals surface area contributed by atoms with Crippen molar-refractivity contribution < 1.29 is 9.53 Å². The molecule has 0 atom stereocenters. The van der Waals surface area contributed by atoms with Crippen molar-refractivity contribution in [1.82, 2.24) is 9.78 Å². The lowest BCUT2D eigenvalue weighted by Crippen LogP contribution is -2.18. The second-order valence-corrected chi connectivity index (χ2v) is 7.92. The maximum absolute atomic E-state index is 12.6. The van der Waals surface area contributed by atoms with E-state index >= 15 is 0 Å². The fourth-order valence-electron chi connectivity index (χ4n) is 3.57. The Morgan fingerprint density at radius 1 is 1.23 bits per heavy atom. The minimum absolute atomic E-state index is 0. The maximum Gasteiger partial charge on any atom is 0.163 e. The molecule has 0 unspecified atom stereocenters. The lowest BCUT2D eigenvalue weighted by atomic mass is 9.85. The van der Waals surface area contributed by atoms with Gasteiger partial charge in [0.15, 0.2) is 5.78 Å². The summed E-state index contributed by atoms with van der Waals surface area (Å²) in [6, 6.07) is 4.09. The van der Waals surface area contributed by atoms with Crippen molar-refractivity contribution in [3.63, 3.8) is 0 Å². The van der Waals surface area contributed by atoms with E-state index < -0.39 is 0 Å². The molecule has 0 saturated heterocycles. The lowest BCUT2D eigenvalue weighted by molar-refractivity contribution is 0.0926. The molecule has 0 radical (unpaired) electrons. The Morgan fingerprint density at radius 2 is 2.04 bits per heavy atom. The second-order valence-electron chi connectivity index (χ2n) is 7.92. The Morgan fingerprint density at radius 3 is 2.73 bits per heavy atom. The Bertz CT molecular complexity index is 763. The molecule has 2 aromatic rings. The Labute approximate surface area is 161 Å². The number of carbonyl (C=O) groups is 1. The monoisotopic (exact) mass is 376 g/mol. The van der Waals surface area contributed by atoms with Gasteiger partial charge in [-0.2, -0.15) is 5.10 Å². The quantitative estimate of drug-likeness (QED) is 0.459. The summed E-state index contributed by atoms with van der Waals surface area (Å²) in [5, 5.41) is 5.77. The van der Waals surface area contributed by atoms with E-state index in [0.29, 0.717) is 13.0 Å².